The number of nitrogens with zero attached hydrogens (tertiary/aromatic N) is 4. The van der Waals surface area contributed by atoms with Gasteiger partial charge < -0.3 is 5.11 Å². The zero-order chi connectivity index (χ0) is 13.2. The molecule has 0 spiro atoms. The summed E-state index contributed by atoms with van der Waals surface area (Å²) in [6.07, 6.45) is 2.76. The highest BCUT2D eigenvalue weighted by atomic mass is 32.2. The van der Waals surface area contributed by atoms with E-state index in [0.29, 0.717) is 25.1 Å². The number of rotatable bonds is 8. The molecule has 1 unspecified atom stereocenters. The molecule has 96 valence electrons. The summed E-state index contributed by atoms with van der Waals surface area (Å²) in [5, 5.41) is 12.0. The van der Waals surface area contributed by atoms with Crippen molar-refractivity contribution in [2.75, 3.05) is 6.54 Å². The quantitative estimate of drug-likeness (QED) is 0.338. The third-order valence-corrected chi connectivity index (χ3v) is 3.52. The maximum Gasteiger partial charge on any atom is 0.316 e. The summed E-state index contributed by atoms with van der Waals surface area (Å²) < 4.78 is 0. The van der Waals surface area contributed by atoms with E-state index in [1.54, 1.807) is 6.20 Å². The lowest BCUT2D eigenvalue weighted by atomic mass is 10.2. The minimum Gasteiger partial charge on any atom is -0.480 e. The first-order chi connectivity index (χ1) is 8.74. The van der Waals surface area contributed by atoms with Gasteiger partial charge in [-0.3, -0.25) is 9.78 Å². The molecule has 1 N–H and O–H groups in total. The first kappa shape index (κ1) is 14.3. The molecule has 1 atom stereocenters. The van der Waals surface area contributed by atoms with Gasteiger partial charge in [0, 0.05) is 23.4 Å². The number of hydrogen-bond donors (Lipinski definition) is 1. The monoisotopic (exact) mass is 266 g/mol. The van der Waals surface area contributed by atoms with Crippen molar-refractivity contribution >= 4 is 17.7 Å². The van der Waals surface area contributed by atoms with Crippen molar-refractivity contribution in [3.05, 3.63) is 40.5 Å². The van der Waals surface area contributed by atoms with Gasteiger partial charge in [-0.05, 0) is 30.5 Å². The van der Waals surface area contributed by atoms with Crippen molar-refractivity contribution in [2.24, 2.45) is 5.11 Å². The highest BCUT2D eigenvalue weighted by molar-refractivity contribution is 7.99. The van der Waals surface area contributed by atoms with Crippen LogP contribution in [0.25, 0.3) is 10.4 Å². The average molecular weight is 266 g/mol. The summed E-state index contributed by atoms with van der Waals surface area (Å²) in [5.41, 5.74) is 8.99. The number of carboxylic acid groups (broad SMARTS) is 1. The zero-order valence-corrected chi connectivity index (χ0v) is 10.6. The molecule has 1 aromatic heterocycles. The Morgan fingerprint density at radius 3 is 3.06 bits per heavy atom. The van der Waals surface area contributed by atoms with Crippen LogP contribution in [0.1, 0.15) is 18.5 Å². The normalized spacial score (nSPS) is 11.6. The third-order valence-electron chi connectivity index (χ3n) is 2.22. The summed E-state index contributed by atoms with van der Waals surface area (Å²) in [7, 11) is 0. The summed E-state index contributed by atoms with van der Waals surface area (Å²) >= 11 is 1.34. The fourth-order valence-corrected chi connectivity index (χ4v) is 2.36. The Bertz CT molecular complexity index is 420. The van der Waals surface area contributed by atoms with Crippen LogP contribution in [0.15, 0.2) is 29.5 Å². The van der Waals surface area contributed by atoms with Crippen LogP contribution in [0, 0.1) is 0 Å². The fraction of sp³-hybridized carbons (Fsp3) is 0.455. The van der Waals surface area contributed by atoms with Crippen molar-refractivity contribution in [1.29, 1.82) is 0 Å². The van der Waals surface area contributed by atoms with Crippen molar-refractivity contribution < 1.29 is 9.90 Å². The topological polar surface area (TPSA) is 99.0 Å². The van der Waals surface area contributed by atoms with E-state index in [2.05, 4.69) is 15.0 Å². The molecular weight excluding hydrogens is 252 g/mol. The number of pyridine rings is 1. The van der Waals surface area contributed by atoms with E-state index in [0.717, 1.165) is 5.69 Å². The van der Waals surface area contributed by atoms with E-state index >= 15 is 0 Å². The van der Waals surface area contributed by atoms with E-state index in [4.69, 9.17) is 10.6 Å². The first-order valence-electron chi connectivity index (χ1n) is 5.49. The van der Waals surface area contributed by atoms with Gasteiger partial charge in [-0.25, -0.2) is 0 Å². The molecule has 0 aliphatic rings. The van der Waals surface area contributed by atoms with Gasteiger partial charge in [0.1, 0.15) is 5.25 Å². The molecule has 0 radical (unpaired) electrons. The predicted molar refractivity (Wildman–Crippen MR) is 70.2 cm³/mol. The van der Waals surface area contributed by atoms with Gasteiger partial charge in [-0.15, -0.1) is 11.8 Å². The maximum absolute atomic E-state index is 11.0. The van der Waals surface area contributed by atoms with Crippen LogP contribution in [0.4, 0.5) is 0 Å². The lowest BCUT2D eigenvalue weighted by Crippen LogP contribution is -2.17. The molecule has 18 heavy (non-hydrogen) atoms. The number of aliphatic carboxylic acids is 1. The number of hydrogen-bond acceptors (Lipinski definition) is 4. The Morgan fingerprint density at radius 1 is 1.61 bits per heavy atom. The molecule has 0 aliphatic heterocycles. The number of aromatic nitrogens is 1. The van der Waals surface area contributed by atoms with Crippen LogP contribution in [-0.2, 0) is 10.5 Å². The Kier molecular flexibility index (Phi) is 6.68. The van der Waals surface area contributed by atoms with Crippen LogP contribution in [0.2, 0.25) is 0 Å². The number of carbonyl (C=O) groups is 1. The third kappa shape index (κ3) is 5.56. The molecule has 0 bridgehead atoms. The van der Waals surface area contributed by atoms with Crippen LogP contribution in [0.5, 0.6) is 0 Å². The van der Waals surface area contributed by atoms with Crippen molar-refractivity contribution in [3.63, 3.8) is 0 Å². The molecular formula is C11H14N4O2S. The summed E-state index contributed by atoms with van der Waals surface area (Å²) in [6.45, 7) is 0.338. The van der Waals surface area contributed by atoms with E-state index in [-0.39, 0.29) is 0 Å². The number of azide groups is 1. The highest BCUT2D eigenvalue weighted by Crippen LogP contribution is 2.20. The average Bonchev–Trinajstić information content (AvgIpc) is 2.38. The second-order valence-corrected chi connectivity index (χ2v) is 4.75. The predicted octanol–water partition coefficient (Wildman–Crippen LogP) is 2.86. The molecule has 1 heterocycles. The van der Waals surface area contributed by atoms with Crippen LogP contribution in [0.3, 0.4) is 0 Å². The van der Waals surface area contributed by atoms with Gasteiger partial charge in [-0.1, -0.05) is 11.2 Å². The SMILES string of the molecule is [N-]=[N+]=NCCCC(SCc1ccccn1)C(=O)O. The Labute approximate surface area is 109 Å². The molecule has 7 heteroatoms. The largest absolute Gasteiger partial charge is 0.480 e. The molecule has 0 saturated carbocycles. The van der Waals surface area contributed by atoms with Crippen molar-refractivity contribution in [3.8, 4) is 0 Å². The standard InChI is InChI=1S/C11H14N4O2S/c12-15-14-7-3-5-10(11(16)17)18-8-9-4-1-2-6-13-9/h1-2,4,6,10H,3,5,7-8H2,(H,16,17). The Hall–Kier alpha value is -1.72. The summed E-state index contributed by atoms with van der Waals surface area (Å²) in [5.74, 6) is -0.267. The molecule has 0 amide bonds. The van der Waals surface area contributed by atoms with Crippen LogP contribution >= 0.6 is 11.8 Å². The van der Waals surface area contributed by atoms with Gasteiger partial charge in [-0.2, -0.15) is 0 Å². The van der Waals surface area contributed by atoms with Gasteiger partial charge in [0.05, 0.1) is 5.69 Å². The second kappa shape index (κ2) is 8.38. The molecule has 0 aliphatic carbocycles. The van der Waals surface area contributed by atoms with Crippen molar-refractivity contribution in [1.82, 2.24) is 4.98 Å². The van der Waals surface area contributed by atoms with Gasteiger partial charge in [0.15, 0.2) is 0 Å². The van der Waals surface area contributed by atoms with Gasteiger partial charge >= 0.3 is 5.97 Å². The van der Waals surface area contributed by atoms with E-state index in [1.165, 1.54) is 11.8 Å². The number of thioether (sulfide) groups is 1. The number of carboxylic acids is 1. The molecule has 1 rings (SSSR count). The fourth-order valence-electron chi connectivity index (χ4n) is 1.34. The molecule has 0 saturated heterocycles. The maximum atomic E-state index is 11.0. The smallest absolute Gasteiger partial charge is 0.316 e. The molecule has 0 aromatic carbocycles. The van der Waals surface area contributed by atoms with Crippen LogP contribution in [-0.4, -0.2) is 27.9 Å². The minimum absolute atomic E-state index is 0.338. The van der Waals surface area contributed by atoms with E-state index < -0.39 is 11.2 Å². The van der Waals surface area contributed by atoms with Crippen molar-refractivity contribution in [2.45, 2.75) is 23.8 Å². The minimum atomic E-state index is -0.836. The van der Waals surface area contributed by atoms with E-state index in [1.807, 2.05) is 18.2 Å². The Balaban J connectivity index is 2.38. The lowest BCUT2D eigenvalue weighted by Gasteiger charge is -2.10. The molecule has 6 nitrogen and oxygen atoms in total. The highest BCUT2D eigenvalue weighted by Gasteiger charge is 2.17. The van der Waals surface area contributed by atoms with Crippen LogP contribution < -0.4 is 0 Å². The summed E-state index contributed by atoms with van der Waals surface area (Å²) in [6, 6.07) is 5.56. The second-order valence-electron chi connectivity index (χ2n) is 3.56. The Morgan fingerprint density at radius 2 is 2.44 bits per heavy atom. The van der Waals surface area contributed by atoms with Gasteiger partial charge in [0.25, 0.3) is 0 Å². The first-order valence-corrected chi connectivity index (χ1v) is 6.54. The molecule has 1 aromatic rings. The van der Waals surface area contributed by atoms with E-state index in [9.17, 15) is 4.79 Å². The summed E-state index contributed by atoms with van der Waals surface area (Å²) in [4.78, 5) is 17.8. The zero-order valence-electron chi connectivity index (χ0n) is 9.77. The van der Waals surface area contributed by atoms with Gasteiger partial charge in [0.2, 0.25) is 0 Å². The molecule has 0 fully saturated rings. The lowest BCUT2D eigenvalue weighted by molar-refractivity contribution is -0.136.